The Hall–Kier alpha value is -0.420. The van der Waals surface area contributed by atoms with Gasteiger partial charge in [-0.1, -0.05) is 0 Å². The summed E-state index contributed by atoms with van der Waals surface area (Å²) >= 11 is 0. The molecule has 0 aliphatic carbocycles. The van der Waals surface area contributed by atoms with Crippen molar-refractivity contribution < 1.29 is 26.3 Å². The normalized spacial score (nSPS) is 12.6. The minimum atomic E-state index is -3.67. The predicted octanol–water partition coefficient (Wildman–Crippen LogP) is 2.40. The van der Waals surface area contributed by atoms with Crippen LogP contribution in [-0.4, -0.2) is 19.3 Å². The standard InChI is InChI=1S/C4H4F6/c5-2(6)1(3(7)8)4(9)10/h1-4H. The van der Waals surface area contributed by atoms with Crippen LogP contribution in [0, 0.1) is 5.92 Å². The third-order valence-corrected chi connectivity index (χ3v) is 0.873. The van der Waals surface area contributed by atoms with Crippen molar-refractivity contribution in [1.82, 2.24) is 0 Å². The number of rotatable bonds is 3. The summed E-state index contributed by atoms with van der Waals surface area (Å²) in [6.45, 7) is 0. The first-order valence-electron chi connectivity index (χ1n) is 2.31. The third-order valence-electron chi connectivity index (χ3n) is 0.873. The lowest BCUT2D eigenvalue weighted by Crippen LogP contribution is -2.27. The molecule has 0 amide bonds. The lowest BCUT2D eigenvalue weighted by molar-refractivity contribution is -0.101. The Morgan fingerprint density at radius 3 is 0.700 bits per heavy atom. The molecule has 0 atom stereocenters. The van der Waals surface area contributed by atoms with E-state index in [1.54, 1.807) is 0 Å². The maximum absolute atomic E-state index is 11.2. The van der Waals surface area contributed by atoms with E-state index in [4.69, 9.17) is 0 Å². The van der Waals surface area contributed by atoms with Crippen LogP contribution in [0.25, 0.3) is 0 Å². The first-order valence-corrected chi connectivity index (χ1v) is 2.31. The van der Waals surface area contributed by atoms with E-state index in [-0.39, 0.29) is 0 Å². The van der Waals surface area contributed by atoms with Crippen LogP contribution in [0.3, 0.4) is 0 Å². The molecule has 0 unspecified atom stereocenters. The van der Waals surface area contributed by atoms with Gasteiger partial charge in [0.2, 0.25) is 0 Å². The van der Waals surface area contributed by atoms with Crippen molar-refractivity contribution in [2.45, 2.75) is 19.3 Å². The Kier molecular flexibility index (Phi) is 3.52. The zero-order valence-corrected chi connectivity index (χ0v) is 4.58. The first kappa shape index (κ1) is 9.58. The zero-order chi connectivity index (χ0) is 8.31. The molecule has 62 valence electrons. The highest BCUT2D eigenvalue weighted by Gasteiger charge is 2.38. The number of hydrogen-bond acceptors (Lipinski definition) is 0. The molecule has 0 saturated carbocycles. The Bertz CT molecular complexity index is 70.7. The SMILES string of the molecule is FC(F)C(C(F)F)C(F)F. The summed E-state index contributed by atoms with van der Waals surface area (Å²) in [5, 5.41) is 0. The van der Waals surface area contributed by atoms with Gasteiger partial charge >= 0.3 is 0 Å². The average Bonchev–Trinajstić information content (AvgIpc) is 1.59. The Labute approximate surface area is 52.8 Å². The van der Waals surface area contributed by atoms with Crippen LogP contribution in [0.15, 0.2) is 0 Å². The van der Waals surface area contributed by atoms with Gasteiger partial charge in [0.15, 0.2) is 0 Å². The van der Waals surface area contributed by atoms with Gasteiger partial charge in [-0.05, 0) is 0 Å². The van der Waals surface area contributed by atoms with Gasteiger partial charge < -0.3 is 0 Å². The Morgan fingerprint density at radius 2 is 0.700 bits per heavy atom. The molecular formula is C4H4F6. The molecule has 10 heavy (non-hydrogen) atoms. The van der Waals surface area contributed by atoms with Crippen molar-refractivity contribution in [1.29, 1.82) is 0 Å². The molecule has 0 rings (SSSR count). The predicted molar refractivity (Wildman–Crippen MR) is 21.5 cm³/mol. The summed E-state index contributed by atoms with van der Waals surface area (Å²) in [5.74, 6) is -3.11. The van der Waals surface area contributed by atoms with Crippen molar-refractivity contribution >= 4 is 0 Å². The second-order valence-electron chi connectivity index (χ2n) is 1.58. The van der Waals surface area contributed by atoms with Gasteiger partial charge in [-0.2, -0.15) is 0 Å². The summed E-state index contributed by atoms with van der Waals surface area (Å²) in [6, 6.07) is 0. The van der Waals surface area contributed by atoms with E-state index in [1.807, 2.05) is 0 Å². The van der Waals surface area contributed by atoms with Gasteiger partial charge in [-0.15, -0.1) is 0 Å². The van der Waals surface area contributed by atoms with E-state index in [2.05, 4.69) is 0 Å². The summed E-state index contributed by atoms with van der Waals surface area (Å²) in [6.07, 6.45) is -11.0. The average molecular weight is 166 g/mol. The maximum atomic E-state index is 11.2. The minimum absolute atomic E-state index is 3.11. The van der Waals surface area contributed by atoms with Gasteiger partial charge in [0.1, 0.15) is 5.92 Å². The topological polar surface area (TPSA) is 0 Å². The lowest BCUT2D eigenvalue weighted by atomic mass is 10.2. The molecule has 0 heterocycles. The van der Waals surface area contributed by atoms with Gasteiger partial charge in [0.05, 0.1) is 0 Å². The van der Waals surface area contributed by atoms with Crippen LogP contribution < -0.4 is 0 Å². The van der Waals surface area contributed by atoms with Crippen LogP contribution in [0.1, 0.15) is 0 Å². The van der Waals surface area contributed by atoms with E-state index in [9.17, 15) is 26.3 Å². The molecule has 0 aromatic carbocycles. The molecule has 6 heteroatoms. The zero-order valence-electron chi connectivity index (χ0n) is 4.58. The second-order valence-corrected chi connectivity index (χ2v) is 1.58. The second kappa shape index (κ2) is 3.68. The molecular weight excluding hydrogens is 162 g/mol. The molecule has 0 aliphatic heterocycles. The lowest BCUT2D eigenvalue weighted by Gasteiger charge is -2.12. The van der Waals surface area contributed by atoms with Gasteiger partial charge in [-0.25, -0.2) is 26.3 Å². The van der Waals surface area contributed by atoms with E-state index >= 15 is 0 Å². The molecule has 0 saturated heterocycles. The van der Waals surface area contributed by atoms with Crippen molar-refractivity contribution in [3.8, 4) is 0 Å². The fourth-order valence-corrected chi connectivity index (χ4v) is 0.330. The summed E-state index contributed by atoms with van der Waals surface area (Å²) in [5.41, 5.74) is 0. The highest BCUT2D eigenvalue weighted by Crippen LogP contribution is 2.24. The van der Waals surface area contributed by atoms with Crippen molar-refractivity contribution in [2.75, 3.05) is 0 Å². The van der Waals surface area contributed by atoms with E-state index < -0.39 is 25.2 Å². The fourth-order valence-electron chi connectivity index (χ4n) is 0.330. The fraction of sp³-hybridized carbons (Fsp3) is 1.00. The smallest absolute Gasteiger partial charge is 0.210 e. The number of halogens is 6. The van der Waals surface area contributed by atoms with Crippen LogP contribution in [0.4, 0.5) is 26.3 Å². The largest absolute Gasteiger partial charge is 0.252 e. The summed E-state index contributed by atoms with van der Waals surface area (Å²) in [4.78, 5) is 0. The number of hydrogen-bond donors (Lipinski definition) is 0. The van der Waals surface area contributed by atoms with Crippen LogP contribution in [0.2, 0.25) is 0 Å². The molecule has 0 aromatic heterocycles. The van der Waals surface area contributed by atoms with E-state index in [1.165, 1.54) is 0 Å². The summed E-state index contributed by atoms with van der Waals surface area (Å²) < 4.78 is 67.4. The molecule has 0 aliphatic rings. The van der Waals surface area contributed by atoms with Crippen LogP contribution in [0.5, 0.6) is 0 Å². The maximum Gasteiger partial charge on any atom is 0.252 e. The molecule has 0 fully saturated rings. The van der Waals surface area contributed by atoms with Gasteiger partial charge in [0.25, 0.3) is 19.3 Å². The quantitative estimate of drug-likeness (QED) is 0.564. The molecule has 0 bridgehead atoms. The molecule has 0 N–H and O–H groups in total. The van der Waals surface area contributed by atoms with Crippen molar-refractivity contribution in [3.63, 3.8) is 0 Å². The first-order chi connectivity index (χ1) is 4.46. The number of alkyl halides is 6. The van der Waals surface area contributed by atoms with E-state index in [0.717, 1.165) is 0 Å². The minimum Gasteiger partial charge on any atom is -0.210 e. The van der Waals surface area contributed by atoms with Gasteiger partial charge in [0, 0.05) is 0 Å². The summed E-state index contributed by atoms with van der Waals surface area (Å²) in [7, 11) is 0. The molecule has 0 aromatic rings. The molecule has 0 spiro atoms. The third kappa shape index (κ3) is 2.45. The Morgan fingerprint density at radius 1 is 0.500 bits per heavy atom. The van der Waals surface area contributed by atoms with Gasteiger partial charge in [-0.3, -0.25) is 0 Å². The van der Waals surface area contributed by atoms with Crippen molar-refractivity contribution in [2.24, 2.45) is 5.92 Å². The highest BCUT2D eigenvalue weighted by molar-refractivity contribution is 4.65. The molecule has 0 radical (unpaired) electrons. The highest BCUT2D eigenvalue weighted by atomic mass is 19.3. The van der Waals surface area contributed by atoms with Crippen molar-refractivity contribution in [3.05, 3.63) is 0 Å². The monoisotopic (exact) mass is 166 g/mol. The molecule has 0 nitrogen and oxygen atoms in total. The van der Waals surface area contributed by atoms with E-state index in [0.29, 0.717) is 0 Å². The van der Waals surface area contributed by atoms with Crippen LogP contribution >= 0.6 is 0 Å². The van der Waals surface area contributed by atoms with Crippen LogP contribution in [-0.2, 0) is 0 Å². The Balaban J connectivity index is 3.98.